The molecule has 3 aliphatic heterocycles. The maximum atomic E-state index is 12.7. The Balaban J connectivity index is 1.19. The third kappa shape index (κ3) is 5.36. The summed E-state index contributed by atoms with van der Waals surface area (Å²) in [5, 5.41) is 2.96. The molecule has 0 radical (unpaired) electrons. The summed E-state index contributed by atoms with van der Waals surface area (Å²) in [7, 11) is 0. The topological polar surface area (TPSA) is 55.9 Å². The average molecular weight is 453 g/mol. The Hall–Kier alpha value is -2.29. The van der Waals surface area contributed by atoms with Gasteiger partial charge >= 0.3 is 18.1 Å². The first-order chi connectivity index (χ1) is 15.3. The number of hydrogen-bond donors (Lipinski definition) is 1. The van der Waals surface area contributed by atoms with E-state index < -0.39 is 12.1 Å². The van der Waals surface area contributed by atoms with Crippen LogP contribution in [-0.2, 0) is 4.79 Å². The number of nitrogens with zero attached hydrogens (tertiary/aromatic N) is 3. The van der Waals surface area contributed by atoms with Gasteiger partial charge in [-0.25, -0.2) is 4.79 Å². The number of nitrogens with one attached hydrogen (secondary N) is 1. The van der Waals surface area contributed by atoms with E-state index in [2.05, 4.69) is 34.5 Å². The van der Waals surface area contributed by atoms with Crippen LogP contribution >= 0.6 is 0 Å². The number of carbonyl (C=O) groups excluding carboxylic acids is 2. The van der Waals surface area contributed by atoms with E-state index >= 15 is 0 Å². The van der Waals surface area contributed by atoms with E-state index in [1.54, 1.807) is 0 Å². The molecule has 3 fully saturated rings. The Kier molecular flexibility index (Phi) is 6.93. The van der Waals surface area contributed by atoms with Crippen LogP contribution in [0.3, 0.4) is 0 Å². The van der Waals surface area contributed by atoms with Crippen molar-refractivity contribution in [1.82, 2.24) is 20.0 Å². The van der Waals surface area contributed by atoms with Gasteiger partial charge in [-0.2, -0.15) is 13.2 Å². The van der Waals surface area contributed by atoms with E-state index in [4.69, 9.17) is 0 Å². The lowest BCUT2D eigenvalue weighted by Gasteiger charge is -2.36. The lowest BCUT2D eigenvalue weighted by Crippen LogP contribution is -2.52. The van der Waals surface area contributed by atoms with Gasteiger partial charge in [0.2, 0.25) is 0 Å². The molecule has 0 spiro atoms. The Morgan fingerprint density at radius 1 is 0.844 bits per heavy atom. The Morgan fingerprint density at radius 2 is 1.47 bits per heavy atom. The number of hydrogen-bond acceptors (Lipinski definition) is 3. The number of likely N-dealkylation sites (tertiary alicyclic amines) is 3. The molecule has 0 bridgehead atoms. The van der Waals surface area contributed by atoms with E-state index in [1.807, 2.05) is 11.0 Å². The Bertz CT molecular complexity index is 788. The van der Waals surface area contributed by atoms with E-state index in [1.165, 1.54) is 5.56 Å². The van der Waals surface area contributed by atoms with Crippen LogP contribution in [0.25, 0.3) is 0 Å². The van der Waals surface area contributed by atoms with Crippen molar-refractivity contribution in [1.29, 1.82) is 0 Å². The second-order valence-corrected chi connectivity index (χ2v) is 9.12. The lowest BCUT2D eigenvalue weighted by molar-refractivity contribution is -0.186. The van der Waals surface area contributed by atoms with E-state index in [-0.39, 0.29) is 25.2 Å². The molecule has 1 N–H and O–H groups in total. The molecule has 32 heavy (non-hydrogen) atoms. The fourth-order valence-electron chi connectivity index (χ4n) is 5.22. The van der Waals surface area contributed by atoms with Crippen LogP contribution in [0.4, 0.5) is 18.0 Å². The quantitative estimate of drug-likeness (QED) is 0.767. The summed E-state index contributed by atoms with van der Waals surface area (Å²) >= 11 is 0. The van der Waals surface area contributed by atoms with Crippen LogP contribution in [0.2, 0.25) is 0 Å². The van der Waals surface area contributed by atoms with Crippen molar-refractivity contribution in [3.05, 3.63) is 35.9 Å². The Labute approximate surface area is 186 Å². The number of carbonyl (C=O) groups is 2. The highest BCUT2D eigenvalue weighted by Gasteiger charge is 2.43. The molecule has 3 aliphatic rings. The third-order valence-corrected chi connectivity index (χ3v) is 7.12. The van der Waals surface area contributed by atoms with Crippen LogP contribution < -0.4 is 5.32 Å². The zero-order chi connectivity index (χ0) is 22.7. The molecular weight excluding hydrogens is 421 g/mol. The highest BCUT2D eigenvalue weighted by molar-refractivity contribution is 5.82. The summed E-state index contributed by atoms with van der Waals surface area (Å²) in [6.07, 6.45) is -0.947. The predicted molar refractivity (Wildman–Crippen MR) is 114 cm³/mol. The van der Waals surface area contributed by atoms with Gasteiger partial charge in [-0.05, 0) is 56.7 Å². The van der Waals surface area contributed by atoms with Gasteiger partial charge in [-0.3, -0.25) is 9.69 Å². The van der Waals surface area contributed by atoms with Gasteiger partial charge in [-0.1, -0.05) is 30.3 Å². The standard InChI is InChI=1S/C23H31F3N4O2/c24-23(25,26)21(31)29-13-8-19(9-14-29)27-22(32)30-15-10-20(16-30)28-11-6-18(7-12-28)17-4-2-1-3-5-17/h1-5,18-20H,6-16H2,(H,27,32). The van der Waals surface area contributed by atoms with Crippen molar-refractivity contribution in [2.45, 2.75) is 56.3 Å². The number of urea groups is 1. The van der Waals surface area contributed by atoms with Gasteiger partial charge in [0.25, 0.3) is 0 Å². The number of piperidine rings is 2. The summed E-state index contributed by atoms with van der Waals surface area (Å²) in [6, 6.07) is 10.6. The van der Waals surface area contributed by atoms with Gasteiger partial charge in [0.1, 0.15) is 0 Å². The molecule has 3 heterocycles. The maximum absolute atomic E-state index is 12.7. The number of rotatable bonds is 3. The van der Waals surface area contributed by atoms with Crippen molar-refractivity contribution in [2.24, 2.45) is 0 Å². The maximum Gasteiger partial charge on any atom is 0.471 e. The molecule has 6 nitrogen and oxygen atoms in total. The van der Waals surface area contributed by atoms with Crippen LogP contribution in [0, 0.1) is 0 Å². The number of halogens is 3. The van der Waals surface area contributed by atoms with E-state index in [9.17, 15) is 22.8 Å². The molecular formula is C23H31F3N4O2. The minimum atomic E-state index is -4.84. The first-order valence-electron chi connectivity index (χ1n) is 11.5. The minimum Gasteiger partial charge on any atom is -0.335 e. The summed E-state index contributed by atoms with van der Waals surface area (Å²) < 4.78 is 37.7. The van der Waals surface area contributed by atoms with Crippen molar-refractivity contribution in [2.75, 3.05) is 39.3 Å². The van der Waals surface area contributed by atoms with Gasteiger partial charge in [0.05, 0.1) is 0 Å². The summed E-state index contributed by atoms with van der Waals surface area (Å²) in [4.78, 5) is 29.2. The second kappa shape index (κ2) is 9.68. The molecule has 3 saturated heterocycles. The first kappa shape index (κ1) is 22.9. The fraction of sp³-hybridized carbons (Fsp3) is 0.652. The average Bonchev–Trinajstić information content (AvgIpc) is 3.30. The van der Waals surface area contributed by atoms with Crippen molar-refractivity contribution >= 4 is 11.9 Å². The molecule has 0 aliphatic carbocycles. The van der Waals surface area contributed by atoms with Crippen LogP contribution in [0.1, 0.15) is 43.6 Å². The number of amides is 3. The highest BCUT2D eigenvalue weighted by atomic mass is 19.4. The van der Waals surface area contributed by atoms with Gasteiger partial charge in [-0.15, -0.1) is 0 Å². The summed E-state index contributed by atoms with van der Waals surface area (Å²) in [5.41, 5.74) is 1.41. The normalized spacial score (nSPS) is 24.0. The van der Waals surface area contributed by atoms with Crippen molar-refractivity contribution < 1.29 is 22.8 Å². The monoisotopic (exact) mass is 452 g/mol. The van der Waals surface area contributed by atoms with Gasteiger partial charge < -0.3 is 15.1 Å². The SMILES string of the molecule is O=C(NC1CCN(C(=O)C(F)(F)F)CC1)N1CCC(N2CCC(c3ccccc3)CC2)C1. The van der Waals surface area contributed by atoms with Crippen LogP contribution in [0.15, 0.2) is 30.3 Å². The minimum absolute atomic E-state index is 0.0161. The van der Waals surface area contributed by atoms with Gasteiger partial charge in [0, 0.05) is 38.3 Å². The van der Waals surface area contributed by atoms with E-state index in [0.29, 0.717) is 37.9 Å². The van der Waals surface area contributed by atoms with Crippen molar-refractivity contribution in [3.63, 3.8) is 0 Å². The lowest BCUT2D eigenvalue weighted by atomic mass is 9.89. The van der Waals surface area contributed by atoms with Crippen molar-refractivity contribution in [3.8, 4) is 0 Å². The zero-order valence-electron chi connectivity index (χ0n) is 18.2. The molecule has 1 aromatic carbocycles. The van der Waals surface area contributed by atoms with E-state index in [0.717, 1.165) is 37.3 Å². The number of alkyl halides is 3. The number of benzene rings is 1. The zero-order valence-corrected chi connectivity index (χ0v) is 18.2. The largest absolute Gasteiger partial charge is 0.471 e. The molecule has 4 rings (SSSR count). The predicted octanol–water partition coefficient (Wildman–Crippen LogP) is 3.20. The molecule has 176 valence electrons. The molecule has 9 heteroatoms. The second-order valence-electron chi connectivity index (χ2n) is 9.12. The van der Waals surface area contributed by atoms with Crippen LogP contribution in [-0.4, -0.2) is 84.2 Å². The molecule has 1 aromatic rings. The highest BCUT2D eigenvalue weighted by Crippen LogP contribution is 2.30. The third-order valence-electron chi connectivity index (χ3n) is 7.12. The molecule has 1 atom stereocenters. The Morgan fingerprint density at radius 3 is 2.09 bits per heavy atom. The molecule has 3 amide bonds. The smallest absolute Gasteiger partial charge is 0.335 e. The molecule has 0 aromatic heterocycles. The fourth-order valence-corrected chi connectivity index (χ4v) is 5.22. The first-order valence-corrected chi connectivity index (χ1v) is 11.5. The summed E-state index contributed by atoms with van der Waals surface area (Å²) in [6.45, 7) is 3.48. The van der Waals surface area contributed by atoms with Crippen LogP contribution in [0.5, 0.6) is 0 Å². The molecule has 1 unspecified atom stereocenters. The molecule has 0 saturated carbocycles. The van der Waals surface area contributed by atoms with Gasteiger partial charge in [0.15, 0.2) is 0 Å². The summed E-state index contributed by atoms with van der Waals surface area (Å²) in [5.74, 6) is -1.19.